The number of aromatic nitrogens is 4. The third kappa shape index (κ3) is 2.53. The van der Waals surface area contributed by atoms with Crippen molar-refractivity contribution in [2.75, 3.05) is 6.61 Å². The molecule has 0 bridgehead atoms. The van der Waals surface area contributed by atoms with Crippen LogP contribution in [0.5, 0.6) is 0 Å². The first-order chi connectivity index (χ1) is 10.6. The third-order valence-corrected chi connectivity index (χ3v) is 3.73. The van der Waals surface area contributed by atoms with Gasteiger partial charge in [-0.05, 0) is 19.4 Å². The van der Waals surface area contributed by atoms with Gasteiger partial charge < -0.3 is 5.11 Å². The van der Waals surface area contributed by atoms with Crippen molar-refractivity contribution in [1.29, 1.82) is 0 Å². The Morgan fingerprint density at radius 2 is 1.91 bits per heavy atom. The molecule has 0 saturated heterocycles. The van der Waals surface area contributed by atoms with Crippen LogP contribution < -0.4 is 5.56 Å². The number of aryl methyl sites for hydroxylation is 2. The van der Waals surface area contributed by atoms with Gasteiger partial charge >= 0.3 is 0 Å². The predicted octanol–water partition coefficient (Wildman–Crippen LogP) is 1.09. The smallest absolute Gasteiger partial charge is 0.277 e. The molecule has 0 aliphatic heterocycles. The molecule has 6 heteroatoms. The van der Waals surface area contributed by atoms with E-state index >= 15 is 0 Å². The zero-order valence-electron chi connectivity index (χ0n) is 12.7. The lowest BCUT2D eigenvalue weighted by atomic mass is 10.1. The van der Waals surface area contributed by atoms with Crippen molar-refractivity contribution in [3.63, 3.8) is 0 Å². The quantitative estimate of drug-likeness (QED) is 0.782. The Kier molecular flexibility index (Phi) is 3.77. The van der Waals surface area contributed by atoms with Crippen LogP contribution in [0, 0.1) is 13.8 Å². The highest BCUT2D eigenvalue weighted by Crippen LogP contribution is 2.07. The SMILES string of the molecule is Cc1ccc(Cn2cnc3nc(C)c(CCO)c(=O)n32)cc1. The number of hydrogen-bond donors (Lipinski definition) is 1. The minimum absolute atomic E-state index is 0.0735. The minimum Gasteiger partial charge on any atom is -0.396 e. The Bertz CT molecular complexity index is 862. The maximum Gasteiger partial charge on any atom is 0.277 e. The number of aliphatic hydroxyl groups is 1. The zero-order valence-corrected chi connectivity index (χ0v) is 12.7. The monoisotopic (exact) mass is 298 g/mol. The van der Waals surface area contributed by atoms with Crippen LogP contribution >= 0.6 is 0 Å². The van der Waals surface area contributed by atoms with E-state index < -0.39 is 0 Å². The molecular formula is C16H18N4O2. The molecule has 0 radical (unpaired) electrons. The lowest BCUT2D eigenvalue weighted by molar-refractivity contribution is 0.298. The summed E-state index contributed by atoms with van der Waals surface area (Å²) >= 11 is 0. The van der Waals surface area contributed by atoms with Crippen LogP contribution in [-0.4, -0.2) is 30.9 Å². The summed E-state index contributed by atoms with van der Waals surface area (Å²) in [6, 6.07) is 8.14. The Morgan fingerprint density at radius 3 is 2.59 bits per heavy atom. The lowest BCUT2D eigenvalue weighted by Crippen LogP contribution is -2.26. The second kappa shape index (κ2) is 5.73. The topological polar surface area (TPSA) is 72.4 Å². The molecule has 0 atom stereocenters. The number of rotatable bonds is 4. The van der Waals surface area contributed by atoms with E-state index in [4.69, 9.17) is 5.11 Å². The third-order valence-electron chi connectivity index (χ3n) is 3.73. The molecule has 1 N–H and O–H groups in total. The molecule has 0 unspecified atom stereocenters. The van der Waals surface area contributed by atoms with Crippen molar-refractivity contribution in [1.82, 2.24) is 19.2 Å². The average Bonchev–Trinajstić information content (AvgIpc) is 2.88. The fraction of sp³-hybridized carbons (Fsp3) is 0.312. The van der Waals surface area contributed by atoms with Gasteiger partial charge in [0.25, 0.3) is 11.3 Å². The van der Waals surface area contributed by atoms with Gasteiger partial charge in [0.2, 0.25) is 0 Å². The van der Waals surface area contributed by atoms with Crippen molar-refractivity contribution >= 4 is 5.78 Å². The van der Waals surface area contributed by atoms with E-state index in [1.54, 1.807) is 17.9 Å². The summed E-state index contributed by atoms with van der Waals surface area (Å²) in [6.07, 6.45) is 1.92. The van der Waals surface area contributed by atoms with Crippen LogP contribution in [0.15, 0.2) is 35.4 Å². The predicted molar refractivity (Wildman–Crippen MR) is 83.1 cm³/mol. The fourth-order valence-corrected chi connectivity index (χ4v) is 2.51. The first-order valence-corrected chi connectivity index (χ1v) is 7.20. The minimum atomic E-state index is -0.166. The van der Waals surface area contributed by atoms with E-state index in [0.717, 1.165) is 5.56 Å². The normalized spacial score (nSPS) is 11.2. The van der Waals surface area contributed by atoms with Gasteiger partial charge in [0.05, 0.1) is 12.2 Å². The summed E-state index contributed by atoms with van der Waals surface area (Å²) in [5, 5.41) is 9.12. The Hall–Kier alpha value is -2.47. The zero-order chi connectivity index (χ0) is 15.7. The van der Waals surface area contributed by atoms with Gasteiger partial charge in [-0.2, -0.15) is 9.50 Å². The number of fused-ring (bicyclic) bond motifs is 1. The van der Waals surface area contributed by atoms with Crippen LogP contribution in [-0.2, 0) is 13.0 Å². The van der Waals surface area contributed by atoms with Crippen LogP contribution in [0.3, 0.4) is 0 Å². The highest BCUT2D eigenvalue weighted by Gasteiger charge is 2.13. The summed E-state index contributed by atoms with van der Waals surface area (Å²) in [5.41, 5.74) is 3.27. The molecule has 0 aliphatic carbocycles. The van der Waals surface area contributed by atoms with E-state index in [1.807, 2.05) is 31.2 Å². The summed E-state index contributed by atoms with van der Waals surface area (Å²) in [6.45, 7) is 4.27. The number of nitrogens with zero attached hydrogens (tertiary/aromatic N) is 4. The molecule has 3 aromatic rings. The number of hydrogen-bond acceptors (Lipinski definition) is 4. The summed E-state index contributed by atoms with van der Waals surface area (Å²) < 4.78 is 3.22. The largest absolute Gasteiger partial charge is 0.396 e. The fourth-order valence-electron chi connectivity index (χ4n) is 2.51. The molecule has 6 nitrogen and oxygen atoms in total. The number of benzene rings is 1. The van der Waals surface area contributed by atoms with Crippen molar-refractivity contribution < 1.29 is 5.11 Å². The van der Waals surface area contributed by atoms with Crippen LogP contribution in [0.25, 0.3) is 5.78 Å². The molecule has 0 saturated carbocycles. The highest BCUT2D eigenvalue weighted by atomic mass is 16.3. The second-order valence-electron chi connectivity index (χ2n) is 5.39. The average molecular weight is 298 g/mol. The van der Waals surface area contributed by atoms with E-state index in [2.05, 4.69) is 9.97 Å². The van der Waals surface area contributed by atoms with Crippen LogP contribution in [0.2, 0.25) is 0 Å². The van der Waals surface area contributed by atoms with Crippen molar-refractivity contribution in [2.45, 2.75) is 26.8 Å². The lowest BCUT2D eigenvalue weighted by Gasteiger charge is -2.08. The van der Waals surface area contributed by atoms with E-state index in [-0.39, 0.29) is 12.2 Å². The van der Waals surface area contributed by atoms with Crippen molar-refractivity contribution in [3.05, 3.63) is 63.3 Å². The van der Waals surface area contributed by atoms with Gasteiger partial charge in [-0.25, -0.2) is 4.98 Å². The van der Waals surface area contributed by atoms with Gasteiger partial charge in [0.1, 0.15) is 6.33 Å². The number of aliphatic hydroxyl groups excluding tert-OH is 1. The highest BCUT2D eigenvalue weighted by molar-refractivity contribution is 5.31. The molecule has 0 amide bonds. The maximum atomic E-state index is 12.6. The Labute approximate surface area is 127 Å². The molecule has 114 valence electrons. The molecule has 2 aromatic heterocycles. The molecule has 0 spiro atoms. The maximum absolute atomic E-state index is 12.6. The summed E-state index contributed by atoms with van der Waals surface area (Å²) in [4.78, 5) is 21.2. The first-order valence-electron chi connectivity index (χ1n) is 7.20. The van der Waals surface area contributed by atoms with Gasteiger partial charge in [-0.3, -0.25) is 9.48 Å². The van der Waals surface area contributed by atoms with Crippen LogP contribution in [0.4, 0.5) is 0 Å². The van der Waals surface area contributed by atoms with Crippen molar-refractivity contribution in [2.24, 2.45) is 0 Å². The molecular weight excluding hydrogens is 280 g/mol. The Morgan fingerprint density at radius 1 is 1.18 bits per heavy atom. The molecule has 0 aliphatic rings. The second-order valence-corrected chi connectivity index (χ2v) is 5.39. The Balaban J connectivity index is 2.09. The molecule has 0 fully saturated rings. The molecule has 22 heavy (non-hydrogen) atoms. The molecule has 3 rings (SSSR count). The summed E-state index contributed by atoms with van der Waals surface area (Å²) in [5.74, 6) is 0.385. The standard InChI is InChI=1S/C16H18N4O2/c1-11-3-5-13(6-4-11)9-19-10-17-16-18-12(2)14(7-8-21)15(22)20(16)19/h3-6,10,21H,7-9H2,1-2H3. The van der Waals surface area contributed by atoms with E-state index in [9.17, 15) is 4.79 Å². The van der Waals surface area contributed by atoms with Gasteiger partial charge in [0.15, 0.2) is 0 Å². The van der Waals surface area contributed by atoms with E-state index in [1.165, 1.54) is 10.1 Å². The van der Waals surface area contributed by atoms with Crippen LogP contribution in [0.1, 0.15) is 22.4 Å². The summed E-state index contributed by atoms with van der Waals surface area (Å²) in [7, 11) is 0. The van der Waals surface area contributed by atoms with Gasteiger partial charge in [-0.1, -0.05) is 29.8 Å². The molecule has 1 aromatic carbocycles. The van der Waals surface area contributed by atoms with Crippen molar-refractivity contribution in [3.8, 4) is 0 Å². The van der Waals surface area contributed by atoms with E-state index in [0.29, 0.717) is 30.0 Å². The first kappa shape index (κ1) is 14.5. The molecule has 2 heterocycles. The van der Waals surface area contributed by atoms with Gasteiger partial charge in [0, 0.05) is 18.6 Å². The van der Waals surface area contributed by atoms with Gasteiger partial charge in [-0.15, -0.1) is 0 Å².